The Labute approximate surface area is 130 Å². The highest BCUT2D eigenvalue weighted by atomic mass is 32.1. The molecule has 1 heterocycles. The van der Waals surface area contributed by atoms with E-state index in [1.54, 1.807) is 11.3 Å². The molecular formula is C17H34O2S. The van der Waals surface area contributed by atoms with Gasteiger partial charge in [0, 0.05) is 6.92 Å². The lowest BCUT2D eigenvalue weighted by Gasteiger charge is -1.91. The quantitative estimate of drug-likeness (QED) is 0.595. The van der Waals surface area contributed by atoms with Gasteiger partial charge in [-0.25, -0.2) is 0 Å². The first-order valence-electron chi connectivity index (χ1n) is 7.71. The van der Waals surface area contributed by atoms with E-state index in [1.165, 1.54) is 32.1 Å². The zero-order valence-corrected chi connectivity index (χ0v) is 15.0. The maximum absolute atomic E-state index is 9.00. The van der Waals surface area contributed by atoms with E-state index in [0.717, 1.165) is 12.8 Å². The minimum absolute atomic E-state index is 0.833. The molecule has 20 heavy (non-hydrogen) atoms. The second-order valence-corrected chi connectivity index (χ2v) is 5.23. The molecule has 0 bridgehead atoms. The van der Waals surface area contributed by atoms with Gasteiger partial charge in [-0.15, -0.1) is 0 Å². The van der Waals surface area contributed by atoms with E-state index < -0.39 is 5.97 Å². The Kier molecular flexibility index (Phi) is 28.2. The maximum atomic E-state index is 9.00. The van der Waals surface area contributed by atoms with E-state index in [4.69, 9.17) is 9.90 Å². The van der Waals surface area contributed by atoms with Crippen molar-refractivity contribution in [3.8, 4) is 0 Å². The molecule has 0 atom stereocenters. The number of aliphatic carboxylic acids is 1. The molecule has 0 aliphatic heterocycles. The molecule has 0 amide bonds. The Morgan fingerprint density at radius 3 is 1.55 bits per heavy atom. The molecule has 1 fully saturated rings. The zero-order chi connectivity index (χ0) is 16.2. The fraction of sp³-hybridized carbons (Fsp3) is 0.706. The van der Waals surface area contributed by atoms with Crippen molar-refractivity contribution in [2.24, 2.45) is 5.92 Å². The van der Waals surface area contributed by atoms with Crippen molar-refractivity contribution in [3.63, 3.8) is 0 Å². The summed E-state index contributed by atoms with van der Waals surface area (Å²) in [5, 5.41) is 11.5. The van der Waals surface area contributed by atoms with Crippen LogP contribution < -0.4 is 0 Å². The van der Waals surface area contributed by atoms with Crippen LogP contribution in [0.15, 0.2) is 22.9 Å². The topological polar surface area (TPSA) is 37.3 Å². The third-order valence-corrected chi connectivity index (χ3v) is 2.70. The molecule has 1 aromatic rings. The smallest absolute Gasteiger partial charge is 0.300 e. The molecule has 1 aliphatic rings. The molecule has 1 aliphatic carbocycles. The van der Waals surface area contributed by atoms with E-state index in [0.29, 0.717) is 0 Å². The van der Waals surface area contributed by atoms with Gasteiger partial charge in [0.05, 0.1) is 0 Å². The minimum Gasteiger partial charge on any atom is -0.481 e. The number of rotatable bonds is 0. The first-order valence-corrected chi connectivity index (χ1v) is 8.65. The molecular weight excluding hydrogens is 268 g/mol. The second-order valence-electron chi connectivity index (χ2n) is 4.41. The van der Waals surface area contributed by atoms with E-state index in [9.17, 15) is 0 Å². The molecule has 120 valence electrons. The van der Waals surface area contributed by atoms with Crippen molar-refractivity contribution in [1.82, 2.24) is 0 Å². The number of thiophene rings is 1. The van der Waals surface area contributed by atoms with Crippen LogP contribution in [0.3, 0.4) is 0 Å². The fourth-order valence-corrected chi connectivity index (χ4v) is 1.81. The molecule has 0 saturated heterocycles. The van der Waals surface area contributed by atoms with Gasteiger partial charge in [-0.3, -0.25) is 4.79 Å². The predicted octanol–water partition coefficient (Wildman–Crippen LogP) is 6.48. The van der Waals surface area contributed by atoms with Crippen LogP contribution in [0.5, 0.6) is 0 Å². The van der Waals surface area contributed by atoms with E-state index in [-0.39, 0.29) is 0 Å². The van der Waals surface area contributed by atoms with Crippen molar-refractivity contribution in [2.45, 2.75) is 73.6 Å². The average molecular weight is 303 g/mol. The highest BCUT2D eigenvalue weighted by Crippen LogP contribution is 2.22. The van der Waals surface area contributed by atoms with Crippen LogP contribution >= 0.6 is 11.3 Å². The van der Waals surface area contributed by atoms with Crippen LogP contribution in [0, 0.1) is 5.92 Å². The van der Waals surface area contributed by atoms with Gasteiger partial charge < -0.3 is 5.11 Å². The second kappa shape index (κ2) is 23.3. The van der Waals surface area contributed by atoms with E-state index >= 15 is 0 Å². The molecule has 1 saturated carbocycles. The van der Waals surface area contributed by atoms with E-state index in [2.05, 4.69) is 20.8 Å². The fourth-order valence-electron chi connectivity index (χ4n) is 1.36. The minimum atomic E-state index is -0.833. The molecule has 0 spiro atoms. The Morgan fingerprint density at radius 2 is 1.45 bits per heavy atom. The molecule has 0 aromatic carbocycles. The van der Waals surface area contributed by atoms with Crippen molar-refractivity contribution in [3.05, 3.63) is 22.9 Å². The largest absolute Gasteiger partial charge is 0.481 e. The van der Waals surface area contributed by atoms with Gasteiger partial charge >= 0.3 is 0 Å². The number of carboxylic acids is 1. The van der Waals surface area contributed by atoms with Gasteiger partial charge in [-0.2, -0.15) is 11.3 Å². The molecule has 1 aromatic heterocycles. The van der Waals surface area contributed by atoms with Crippen molar-refractivity contribution in [1.29, 1.82) is 0 Å². The lowest BCUT2D eigenvalue weighted by Crippen LogP contribution is -1.78. The average Bonchev–Trinajstić information content (AvgIpc) is 3.07. The van der Waals surface area contributed by atoms with Crippen molar-refractivity contribution < 1.29 is 9.90 Å². The third-order valence-electron chi connectivity index (χ3n) is 2.07. The van der Waals surface area contributed by atoms with Gasteiger partial charge in [-0.05, 0) is 16.7 Å². The monoisotopic (exact) mass is 302 g/mol. The maximum Gasteiger partial charge on any atom is 0.300 e. The summed E-state index contributed by atoms with van der Waals surface area (Å²) in [4.78, 5) is 9.00. The predicted molar refractivity (Wildman–Crippen MR) is 92.6 cm³/mol. The summed E-state index contributed by atoms with van der Waals surface area (Å²) in [5.41, 5.74) is 0. The summed E-state index contributed by atoms with van der Waals surface area (Å²) in [6.07, 6.45) is 7.20. The van der Waals surface area contributed by atoms with Crippen LogP contribution in [-0.4, -0.2) is 11.1 Å². The highest BCUT2D eigenvalue weighted by molar-refractivity contribution is 7.07. The summed E-state index contributed by atoms with van der Waals surface area (Å²) >= 11 is 1.71. The first kappa shape index (κ1) is 24.2. The van der Waals surface area contributed by atoms with Gasteiger partial charge in [-0.1, -0.05) is 78.9 Å². The van der Waals surface area contributed by atoms with Gasteiger partial charge in [0.25, 0.3) is 5.97 Å². The summed E-state index contributed by atoms with van der Waals surface area (Å²) in [6.45, 7) is 11.7. The standard InChI is InChI=1S/C6H12.C4H4S.C3H8.C2H4O2.C2H6/c1-6-4-2-3-5-6;1-2-4-5-3-1;1-3-2;1-2(3)4;1-2/h6H,2-5H2,1H3;1-4H;3H2,1-2H3;1H3,(H,3,4);1-2H3. The first-order chi connectivity index (χ1) is 9.54. The summed E-state index contributed by atoms with van der Waals surface area (Å²) in [7, 11) is 0. The molecule has 2 nitrogen and oxygen atoms in total. The summed E-state index contributed by atoms with van der Waals surface area (Å²) < 4.78 is 0. The lowest BCUT2D eigenvalue weighted by atomic mass is 10.2. The summed E-state index contributed by atoms with van der Waals surface area (Å²) in [6, 6.07) is 4.04. The number of carboxylic acid groups (broad SMARTS) is 1. The number of hydrogen-bond donors (Lipinski definition) is 1. The third kappa shape index (κ3) is 36.0. The normalized spacial score (nSPS) is 12.1. The van der Waals surface area contributed by atoms with Crippen LogP contribution in [0.2, 0.25) is 0 Å². The molecule has 2 rings (SSSR count). The molecule has 0 unspecified atom stereocenters. The Balaban J connectivity index is -0.000000191. The van der Waals surface area contributed by atoms with Crippen LogP contribution in [-0.2, 0) is 4.79 Å². The number of hydrogen-bond acceptors (Lipinski definition) is 2. The van der Waals surface area contributed by atoms with Gasteiger partial charge in [0.15, 0.2) is 0 Å². The molecule has 1 N–H and O–H groups in total. The van der Waals surface area contributed by atoms with Crippen molar-refractivity contribution in [2.75, 3.05) is 0 Å². The van der Waals surface area contributed by atoms with Crippen LogP contribution in [0.25, 0.3) is 0 Å². The summed E-state index contributed by atoms with van der Waals surface area (Å²) in [5.74, 6) is 0.213. The number of carbonyl (C=O) groups is 1. The van der Waals surface area contributed by atoms with Gasteiger partial charge in [0.1, 0.15) is 0 Å². The van der Waals surface area contributed by atoms with Crippen molar-refractivity contribution >= 4 is 17.3 Å². The Hall–Kier alpha value is -0.830. The van der Waals surface area contributed by atoms with Crippen LogP contribution in [0.4, 0.5) is 0 Å². The van der Waals surface area contributed by atoms with E-state index in [1.807, 2.05) is 36.7 Å². The lowest BCUT2D eigenvalue weighted by molar-refractivity contribution is -0.134. The SMILES string of the molecule is CC.CC(=O)O.CC1CCCC1.CCC.c1ccsc1. The zero-order valence-electron chi connectivity index (χ0n) is 14.2. The Bertz CT molecular complexity index is 218. The molecule has 0 radical (unpaired) electrons. The Morgan fingerprint density at radius 1 is 1.15 bits per heavy atom. The molecule has 3 heteroatoms. The van der Waals surface area contributed by atoms with Crippen LogP contribution in [0.1, 0.15) is 73.6 Å². The van der Waals surface area contributed by atoms with Gasteiger partial charge in [0.2, 0.25) is 0 Å². The highest BCUT2D eigenvalue weighted by Gasteiger charge is 2.07.